The Balaban J connectivity index is 0.000000415. The standard InChI is InChI=1S/C19H14BrN.C4H8/c1-13-11-15-12-16(20)9-10-18(15)21(13)19-8-4-6-14-5-2-3-7-17(14)19;1-3-4-2/h2-12H,1H3;3-4H,1-2H3/b;4-3-. The molecule has 3 aromatic carbocycles. The summed E-state index contributed by atoms with van der Waals surface area (Å²) in [4.78, 5) is 0. The number of hydrogen-bond donors (Lipinski definition) is 0. The molecular weight excluding hydrogens is 370 g/mol. The Kier molecular flexibility index (Phi) is 5.40. The zero-order chi connectivity index (χ0) is 17.8. The van der Waals surface area contributed by atoms with Crippen molar-refractivity contribution in [2.75, 3.05) is 0 Å². The van der Waals surface area contributed by atoms with Gasteiger partial charge in [-0.3, -0.25) is 0 Å². The van der Waals surface area contributed by atoms with E-state index in [2.05, 4.69) is 94.2 Å². The first-order valence-electron chi connectivity index (χ1n) is 8.48. The lowest BCUT2D eigenvalue weighted by atomic mass is 10.1. The first-order chi connectivity index (χ1) is 12.2. The third-order valence-electron chi connectivity index (χ3n) is 4.29. The number of aryl methyl sites for hydroxylation is 1. The minimum absolute atomic E-state index is 1.12. The summed E-state index contributed by atoms with van der Waals surface area (Å²) in [6.07, 6.45) is 4.00. The molecule has 0 bridgehead atoms. The fourth-order valence-electron chi connectivity index (χ4n) is 3.05. The second-order valence-corrected chi connectivity index (χ2v) is 6.90. The van der Waals surface area contributed by atoms with Gasteiger partial charge in [-0.05, 0) is 56.5 Å². The van der Waals surface area contributed by atoms with Crippen LogP contribution in [0.4, 0.5) is 0 Å². The second kappa shape index (κ2) is 7.71. The molecule has 25 heavy (non-hydrogen) atoms. The fourth-order valence-corrected chi connectivity index (χ4v) is 3.43. The number of benzene rings is 3. The quantitative estimate of drug-likeness (QED) is 0.297. The van der Waals surface area contributed by atoms with E-state index in [-0.39, 0.29) is 0 Å². The van der Waals surface area contributed by atoms with Crippen molar-refractivity contribution in [1.29, 1.82) is 0 Å². The summed E-state index contributed by atoms with van der Waals surface area (Å²) in [6.45, 7) is 6.16. The molecule has 4 aromatic rings. The van der Waals surface area contributed by atoms with Crippen LogP contribution in [0.2, 0.25) is 0 Å². The minimum atomic E-state index is 1.12. The van der Waals surface area contributed by atoms with Gasteiger partial charge in [-0.25, -0.2) is 0 Å². The maximum Gasteiger partial charge on any atom is 0.0536 e. The summed E-state index contributed by atoms with van der Waals surface area (Å²) < 4.78 is 3.45. The highest BCUT2D eigenvalue weighted by atomic mass is 79.9. The molecular formula is C23H22BrN. The van der Waals surface area contributed by atoms with Gasteiger partial charge in [0.05, 0.1) is 11.2 Å². The highest BCUT2D eigenvalue weighted by Crippen LogP contribution is 2.30. The molecule has 0 radical (unpaired) electrons. The van der Waals surface area contributed by atoms with E-state index in [1.54, 1.807) is 0 Å². The molecule has 0 aliphatic heterocycles. The fraction of sp³-hybridized carbons (Fsp3) is 0.130. The Morgan fingerprint density at radius 2 is 1.52 bits per heavy atom. The maximum absolute atomic E-state index is 3.55. The molecule has 4 rings (SSSR count). The number of rotatable bonds is 1. The molecule has 0 amide bonds. The topological polar surface area (TPSA) is 4.93 Å². The first-order valence-corrected chi connectivity index (χ1v) is 9.28. The molecule has 1 aromatic heterocycles. The molecule has 2 heteroatoms. The smallest absolute Gasteiger partial charge is 0.0536 e. The largest absolute Gasteiger partial charge is 0.313 e. The average Bonchev–Trinajstić information content (AvgIpc) is 2.96. The predicted octanol–water partition coefficient (Wildman–Crippen LogP) is 7.44. The van der Waals surface area contributed by atoms with E-state index in [1.165, 1.54) is 33.1 Å². The monoisotopic (exact) mass is 391 g/mol. The molecule has 1 heterocycles. The Hall–Kier alpha value is -2.32. The van der Waals surface area contributed by atoms with Crippen molar-refractivity contribution < 1.29 is 0 Å². The third kappa shape index (κ3) is 3.54. The van der Waals surface area contributed by atoms with Gasteiger partial charge in [0.15, 0.2) is 0 Å². The van der Waals surface area contributed by atoms with Crippen LogP contribution in [-0.4, -0.2) is 4.57 Å². The van der Waals surface area contributed by atoms with Gasteiger partial charge in [0.1, 0.15) is 0 Å². The molecule has 1 nitrogen and oxygen atoms in total. The predicted molar refractivity (Wildman–Crippen MR) is 114 cm³/mol. The summed E-state index contributed by atoms with van der Waals surface area (Å²) in [5, 5.41) is 3.81. The van der Waals surface area contributed by atoms with Crippen LogP contribution in [0.15, 0.2) is 83.4 Å². The van der Waals surface area contributed by atoms with Crippen LogP contribution in [0, 0.1) is 6.92 Å². The zero-order valence-corrected chi connectivity index (χ0v) is 16.4. The number of fused-ring (bicyclic) bond motifs is 2. The van der Waals surface area contributed by atoms with E-state index in [0.29, 0.717) is 0 Å². The van der Waals surface area contributed by atoms with Crippen molar-refractivity contribution >= 4 is 37.6 Å². The average molecular weight is 392 g/mol. The Bertz CT molecular complexity index is 1030. The van der Waals surface area contributed by atoms with Crippen LogP contribution in [-0.2, 0) is 0 Å². The van der Waals surface area contributed by atoms with Crippen molar-refractivity contribution in [1.82, 2.24) is 4.57 Å². The molecule has 0 saturated carbocycles. The van der Waals surface area contributed by atoms with Crippen molar-refractivity contribution in [2.45, 2.75) is 20.8 Å². The molecule has 0 saturated heterocycles. The first kappa shape index (κ1) is 17.5. The number of nitrogens with zero attached hydrogens (tertiary/aromatic N) is 1. The van der Waals surface area contributed by atoms with Crippen LogP contribution < -0.4 is 0 Å². The summed E-state index contributed by atoms with van der Waals surface area (Å²) >= 11 is 3.55. The van der Waals surface area contributed by atoms with Crippen molar-refractivity contribution in [2.24, 2.45) is 0 Å². The van der Waals surface area contributed by atoms with Crippen LogP contribution in [0.5, 0.6) is 0 Å². The van der Waals surface area contributed by atoms with Crippen LogP contribution in [0.25, 0.3) is 27.4 Å². The molecule has 0 unspecified atom stereocenters. The van der Waals surface area contributed by atoms with Crippen LogP contribution >= 0.6 is 15.9 Å². The summed E-state index contributed by atoms with van der Waals surface area (Å²) in [5.74, 6) is 0. The number of halogens is 1. The van der Waals surface area contributed by atoms with Crippen molar-refractivity contribution in [3.05, 3.63) is 89.0 Å². The Labute approximate surface area is 157 Å². The highest BCUT2D eigenvalue weighted by Gasteiger charge is 2.10. The van der Waals surface area contributed by atoms with E-state index in [0.717, 1.165) is 4.47 Å². The summed E-state index contributed by atoms with van der Waals surface area (Å²) in [5.41, 5.74) is 3.73. The van der Waals surface area contributed by atoms with Crippen LogP contribution in [0.3, 0.4) is 0 Å². The number of aromatic nitrogens is 1. The molecule has 126 valence electrons. The van der Waals surface area contributed by atoms with Gasteiger partial charge in [-0.15, -0.1) is 0 Å². The molecule has 0 N–H and O–H groups in total. The Morgan fingerprint density at radius 3 is 2.28 bits per heavy atom. The lowest BCUT2D eigenvalue weighted by Gasteiger charge is -2.12. The Morgan fingerprint density at radius 1 is 0.800 bits per heavy atom. The van der Waals surface area contributed by atoms with E-state index in [1.807, 2.05) is 26.0 Å². The third-order valence-corrected chi connectivity index (χ3v) is 4.78. The molecule has 0 aliphatic carbocycles. The highest BCUT2D eigenvalue weighted by molar-refractivity contribution is 9.10. The van der Waals surface area contributed by atoms with Crippen molar-refractivity contribution in [3.8, 4) is 5.69 Å². The zero-order valence-electron chi connectivity index (χ0n) is 14.8. The van der Waals surface area contributed by atoms with Crippen molar-refractivity contribution in [3.63, 3.8) is 0 Å². The molecule has 0 fully saturated rings. The van der Waals surface area contributed by atoms with Gasteiger partial charge in [0.25, 0.3) is 0 Å². The summed E-state index contributed by atoms with van der Waals surface area (Å²) in [7, 11) is 0. The van der Waals surface area contributed by atoms with Gasteiger partial charge in [-0.1, -0.05) is 64.5 Å². The lowest BCUT2D eigenvalue weighted by molar-refractivity contribution is 1.06. The van der Waals surface area contributed by atoms with Gasteiger partial charge < -0.3 is 4.57 Å². The van der Waals surface area contributed by atoms with Crippen LogP contribution in [0.1, 0.15) is 19.5 Å². The minimum Gasteiger partial charge on any atom is -0.313 e. The van der Waals surface area contributed by atoms with E-state index >= 15 is 0 Å². The molecule has 0 spiro atoms. The molecule has 0 aliphatic rings. The van der Waals surface area contributed by atoms with Gasteiger partial charge >= 0.3 is 0 Å². The molecule has 0 atom stereocenters. The number of allylic oxidation sites excluding steroid dienone is 2. The lowest BCUT2D eigenvalue weighted by Crippen LogP contribution is -1.97. The van der Waals surface area contributed by atoms with Gasteiger partial charge in [0, 0.05) is 20.9 Å². The number of hydrogen-bond acceptors (Lipinski definition) is 0. The normalized spacial score (nSPS) is 11.0. The second-order valence-electron chi connectivity index (χ2n) is 5.99. The van der Waals surface area contributed by atoms with Gasteiger partial charge in [-0.2, -0.15) is 0 Å². The SMILES string of the molecule is C/C=C\C.Cc1cc2cc(Br)ccc2n1-c1cccc2ccccc12. The maximum atomic E-state index is 3.55. The van der Waals surface area contributed by atoms with E-state index in [9.17, 15) is 0 Å². The van der Waals surface area contributed by atoms with Gasteiger partial charge in [0.2, 0.25) is 0 Å². The summed E-state index contributed by atoms with van der Waals surface area (Å²) in [6, 6.07) is 23.7. The van der Waals surface area contributed by atoms with E-state index in [4.69, 9.17) is 0 Å². The van der Waals surface area contributed by atoms with E-state index < -0.39 is 0 Å².